The maximum atomic E-state index is 13.0. The van der Waals surface area contributed by atoms with E-state index in [9.17, 15) is 17.6 Å². The molecule has 1 nitrogen and oxygen atoms in total. The molecule has 0 saturated heterocycles. The van der Waals surface area contributed by atoms with Crippen molar-refractivity contribution in [2.45, 2.75) is 57.5 Å². The molecule has 0 amide bonds. The number of nitriles is 1. The van der Waals surface area contributed by atoms with Crippen LogP contribution in [-0.4, -0.2) is 0 Å². The number of unbranched alkanes of at least 4 members (excludes halogenated alkanes) is 1. The molecule has 0 N–H and O–H groups in total. The van der Waals surface area contributed by atoms with Crippen molar-refractivity contribution in [1.29, 1.82) is 5.26 Å². The molecule has 1 aliphatic carbocycles. The Morgan fingerprint density at radius 1 is 1.08 bits per heavy atom. The van der Waals surface area contributed by atoms with Crippen molar-refractivity contribution in [2.75, 3.05) is 0 Å². The van der Waals surface area contributed by atoms with Crippen molar-refractivity contribution in [1.82, 2.24) is 0 Å². The SMILES string of the molecule is N#C/C(F)=C/C1CCC(CCCCc2ccc(C(F)(F)F)cc2)CC1. The van der Waals surface area contributed by atoms with Crippen LogP contribution >= 0.6 is 0 Å². The van der Waals surface area contributed by atoms with Crippen LogP contribution in [0, 0.1) is 23.2 Å². The first-order valence-corrected chi connectivity index (χ1v) is 8.82. The Labute approximate surface area is 146 Å². The van der Waals surface area contributed by atoms with E-state index in [1.165, 1.54) is 12.1 Å². The quantitative estimate of drug-likeness (QED) is 0.321. The van der Waals surface area contributed by atoms with Gasteiger partial charge in [-0.3, -0.25) is 0 Å². The number of allylic oxidation sites excluding steroid dienone is 2. The molecule has 1 aromatic carbocycles. The molecule has 0 aromatic heterocycles. The second-order valence-corrected chi connectivity index (χ2v) is 6.85. The van der Waals surface area contributed by atoms with Gasteiger partial charge in [-0.1, -0.05) is 25.0 Å². The number of alkyl halides is 3. The van der Waals surface area contributed by atoms with E-state index in [1.54, 1.807) is 12.1 Å². The van der Waals surface area contributed by atoms with Gasteiger partial charge in [-0.25, -0.2) is 0 Å². The van der Waals surface area contributed by atoms with Crippen LogP contribution in [0.25, 0.3) is 0 Å². The molecule has 0 heterocycles. The van der Waals surface area contributed by atoms with E-state index in [4.69, 9.17) is 5.26 Å². The van der Waals surface area contributed by atoms with Crippen molar-refractivity contribution in [3.8, 4) is 6.07 Å². The zero-order chi connectivity index (χ0) is 18.3. The number of rotatable bonds is 6. The van der Waals surface area contributed by atoms with Crippen LogP contribution in [-0.2, 0) is 12.6 Å². The molecule has 5 heteroatoms. The van der Waals surface area contributed by atoms with Gasteiger partial charge in [0.25, 0.3) is 0 Å². The summed E-state index contributed by atoms with van der Waals surface area (Å²) in [6, 6.07) is 6.93. The first kappa shape index (κ1) is 19.5. The van der Waals surface area contributed by atoms with Gasteiger partial charge in [-0.15, -0.1) is 0 Å². The highest BCUT2D eigenvalue weighted by Gasteiger charge is 2.29. The summed E-state index contributed by atoms with van der Waals surface area (Å²) in [6.07, 6.45) is 5.07. The molecule has 0 atom stereocenters. The summed E-state index contributed by atoms with van der Waals surface area (Å²) in [7, 11) is 0. The number of hydrogen-bond acceptors (Lipinski definition) is 1. The fourth-order valence-electron chi connectivity index (χ4n) is 3.51. The van der Waals surface area contributed by atoms with Crippen molar-refractivity contribution in [2.24, 2.45) is 11.8 Å². The minimum absolute atomic E-state index is 0.183. The van der Waals surface area contributed by atoms with E-state index in [0.29, 0.717) is 5.92 Å². The Kier molecular flexibility index (Phi) is 7.04. The minimum Gasteiger partial charge on any atom is -0.195 e. The van der Waals surface area contributed by atoms with E-state index in [1.807, 2.05) is 0 Å². The lowest BCUT2D eigenvalue weighted by Gasteiger charge is -2.26. The van der Waals surface area contributed by atoms with Crippen LogP contribution in [0.4, 0.5) is 17.6 Å². The van der Waals surface area contributed by atoms with Gasteiger partial charge in [0, 0.05) is 0 Å². The molecular formula is C20H23F4N. The van der Waals surface area contributed by atoms with Crippen LogP contribution < -0.4 is 0 Å². The van der Waals surface area contributed by atoms with E-state index >= 15 is 0 Å². The zero-order valence-corrected chi connectivity index (χ0v) is 14.2. The molecule has 136 valence electrons. The van der Waals surface area contributed by atoms with E-state index in [-0.39, 0.29) is 5.92 Å². The molecular weight excluding hydrogens is 330 g/mol. The fourth-order valence-corrected chi connectivity index (χ4v) is 3.51. The van der Waals surface area contributed by atoms with Gasteiger partial charge in [-0.05, 0) is 74.1 Å². The van der Waals surface area contributed by atoms with E-state index < -0.39 is 17.6 Å². The summed E-state index contributed by atoms with van der Waals surface area (Å²) in [5.41, 5.74) is 0.337. The third-order valence-electron chi connectivity index (χ3n) is 4.99. The van der Waals surface area contributed by atoms with Gasteiger partial charge in [0.1, 0.15) is 6.07 Å². The number of hydrogen-bond donors (Lipinski definition) is 0. The molecule has 0 aliphatic heterocycles. The van der Waals surface area contributed by atoms with Gasteiger partial charge < -0.3 is 0 Å². The Morgan fingerprint density at radius 3 is 2.28 bits per heavy atom. The molecule has 0 spiro atoms. The smallest absolute Gasteiger partial charge is 0.195 e. The first-order chi connectivity index (χ1) is 11.9. The van der Waals surface area contributed by atoms with E-state index in [2.05, 4.69) is 0 Å². The maximum Gasteiger partial charge on any atom is 0.416 e. The summed E-state index contributed by atoms with van der Waals surface area (Å²) in [5.74, 6) is 0.144. The van der Waals surface area contributed by atoms with Crippen molar-refractivity contribution < 1.29 is 17.6 Å². The molecule has 1 aliphatic rings. The highest BCUT2D eigenvalue weighted by Crippen LogP contribution is 2.33. The minimum atomic E-state index is -4.28. The highest BCUT2D eigenvalue weighted by atomic mass is 19.4. The van der Waals surface area contributed by atoms with Gasteiger partial charge in [0.2, 0.25) is 0 Å². The third-order valence-corrected chi connectivity index (χ3v) is 4.99. The standard InChI is InChI=1S/C20H23F4N/c21-19(14-25)13-17-7-5-15(6-8-17)3-1-2-4-16-9-11-18(12-10-16)20(22,23)24/h9-13,15,17H,1-8H2/b19-13-. The summed E-state index contributed by atoms with van der Waals surface area (Å²) in [6.45, 7) is 0. The molecule has 1 aromatic rings. The molecule has 0 unspecified atom stereocenters. The van der Waals surface area contributed by atoms with Crippen LogP contribution in [0.2, 0.25) is 0 Å². The maximum absolute atomic E-state index is 13.0. The predicted molar refractivity (Wildman–Crippen MR) is 89.3 cm³/mol. The summed E-state index contributed by atoms with van der Waals surface area (Å²) >= 11 is 0. The number of benzene rings is 1. The molecule has 25 heavy (non-hydrogen) atoms. The fraction of sp³-hybridized carbons (Fsp3) is 0.550. The average molecular weight is 353 g/mol. The lowest BCUT2D eigenvalue weighted by Crippen LogP contribution is -2.13. The lowest BCUT2D eigenvalue weighted by atomic mass is 9.79. The second kappa shape index (κ2) is 9.03. The molecule has 0 radical (unpaired) electrons. The first-order valence-electron chi connectivity index (χ1n) is 8.82. The number of aryl methyl sites for hydroxylation is 1. The van der Waals surface area contributed by atoms with E-state index in [0.717, 1.165) is 69.1 Å². The molecule has 1 saturated carbocycles. The number of halogens is 4. The molecule has 1 fully saturated rings. The van der Waals surface area contributed by atoms with Crippen LogP contribution in [0.5, 0.6) is 0 Å². The van der Waals surface area contributed by atoms with Gasteiger partial charge >= 0.3 is 6.18 Å². The monoisotopic (exact) mass is 353 g/mol. The van der Waals surface area contributed by atoms with Gasteiger partial charge in [-0.2, -0.15) is 22.8 Å². The van der Waals surface area contributed by atoms with Crippen LogP contribution in [0.15, 0.2) is 36.2 Å². The Bertz CT molecular complexity index is 602. The van der Waals surface area contributed by atoms with Crippen molar-refractivity contribution in [3.63, 3.8) is 0 Å². The van der Waals surface area contributed by atoms with Crippen molar-refractivity contribution in [3.05, 3.63) is 47.3 Å². The zero-order valence-electron chi connectivity index (χ0n) is 14.2. The Morgan fingerprint density at radius 2 is 1.72 bits per heavy atom. The average Bonchev–Trinajstić information content (AvgIpc) is 2.59. The lowest BCUT2D eigenvalue weighted by molar-refractivity contribution is -0.137. The second-order valence-electron chi connectivity index (χ2n) is 6.85. The Hall–Kier alpha value is -1.83. The van der Waals surface area contributed by atoms with Gasteiger partial charge in [0.15, 0.2) is 5.83 Å². The largest absolute Gasteiger partial charge is 0.416 e. The Balaban J connectivity index is 1.65. The van der Waals surface area contributed by atoms with Crippen LogP contribution in [0.3, 0.4) is 0 Å². The highest BCUT2D eigenvalue weighted by molar-refractivity contribution is 5.24. The normalized spacial score (nSPS) is 21.8. The summed E-state index contributed by atoms with van der Waals surface area (Å²) < 4.78 is 50.5. The third kappa shape index (κ3) is 6.53. The summed E-state index contributed by atoms with van der Waals surface area (Å²) in [5, 5.41) is 8.46. The topological polar surface area (TPSA) is 23.8 Å². The predicted octanol–water partition coefficient (Wildman–Crippen LogP) is 6.60. The number of nitrogens with zero attached hydrogens (tertiary/aromatic N) is 1. The summed E-state index contributed by atoms with van der Waals surface area (Å²) in [4.78, 5) is 0. The van der Waals surface area contributed by atoms with Crippen LogP contribution in [0.1, 0.15) is 56.1 Å². The molecule has 0 bridgehead atoms. The van der Waals surface area contributed by atoms with Crippen molar-refractivity contribution >= 4 is 0 Å². The van der Waals surface area contributed by atoms with Gasteiger partial charge in [0.05, 0.1) is 5.56 Å². The molecule has 2 rings (SSSR count).